The van der Waals surface area contributed by atoms with Crippen molar-refractivity contribution in [3.63, 3.8) is 0 Å². The van der Waals surface area contributed by atoms with Gasteiger partial charge in [-0.3, -0.25) is 9.52 Å². The van der Waals surface area contributed by atoms with Gasteiger partial charge in [0.2, 0.25) is 0 Å². The maximum absolute atomic E-state index is 10.6. The lowest BCUT2D eigenvalue weighted by molar-refractivity contribution is -0.137. The third kappa shape index (κ3) is 5.64. The molecule has 21 heavy (non-hydrogen) atoms. The van der Waals surface area contributed by atoms with Crippen LogP contribution >= 0.6 is 23.3 Å². The van der Waals surface area contributed by atoms with Crippen LogP contribution in [0, 0.1) is 11.8 Å². The summed E-state index contributed by atoms with van der Waals surface area (Å²) in [5, 5.41) is 8.70. The SMILES string of the molecule is CC(CC(=O)O)NSc1ccc(C#Cc2ccccc2)s1. The number of aliphatic carboxylic acids is 1. The molecule has 2 aromatic rings. The highest BCUT2D eigenvalue weighted by atomic mass is 32.2. The molecular formula is C16H15NO2S2. The van der Waals surface area contributed by atoms with Crippen LogP contribution in [0.25, 0.3) is 0 Å². The molecule has 0 radical (unpaired) electrons. The minimum Gasteiger partial charge on any atom is -0.481 e. The molecule has 1 atom stereocenters. The molecule has 5 heteroatoms. The first kappa shape index (κ1) is 15.6. The number of thiophene rings is 1. The number of carbonyl (C=O) groups is 1. The third-order valence-electron chi connectivity index (χ3n) is 2.53. The minimum atomic E-state index is -0.795. The molecule has 0 spiro atoms. The fourth-order valence-corrected chi connectivity index (χ4v) is 3.27. The second-order valence-corrected chi connectivity index (χ2v) is 6.68. The Bertz CT molecular complexity index is 656. The quantitative estimate of drug-likeness (QED) is 0.653. The fourth-order valence-electron chi connectivity index (χ4n) is 1.56. The lowest BCUT2D eigenvalue weighted by Crippen LogP contribution is -2.22. The van der Waals surface area contributed by atoms with Crippen molar-refractivity contribution in [3.8, 4) is 11.8 Å². The van der Waals surface area contributed by atoms with E-state index in [0.717, 1.165) is 14.6 Å². The highest BCUT2D eigenvalue weighted by molar-refractivity contribution is 7.99. The fraction of sp³-hybridized carbons (Fsp3) is 0.188. The summed E-state index contributed by atoms with van der Waals surface area (Å²) in [6, 6.07) is 13.7. The van der Waals surface area contributed by atoms with E-state index in [1.54, 1.807) is 11.3 Å². The standard InChI is InChI=1S/C16H15NO2S2/c1-12(11-15(18)19)17-21-16-10-9-14(20-16)8-7-13-5-3-2-4-6-13/h2-6,9-10,12,17H,11H2,1H3,(H,18,19). The van der Waals surface area contributed by atoms with Gasteiger partial charge in [0.15, 0.2) is 0 Å². The van der Waals surface area contributed by atoms with Crippen LogP contribution in [0.15, 0.2) is 46.7 Å². The molecule has 1 unspecified atom stereocenters. The topological polar surface area (TPSA) is 49.3 Å². The molecule has 0 amide bonds. The number of hydrogen-bond donors (Lipinski definition) is 2. The van der Waals surface area contributed by atoms with Crippen molar-refractivity contribution >= 4 is 29.3 Å². The van der Waals surface area contributed by atoms with Gasteiger partial charge >= 0.3 is 5.97 Å². The molecule has 0 aliphatic carbocycles. The Morgan fingerprint density at radius 2 is 2.05 bits per heavy atom. The Balaban J connectivity index is 1.90. The average molecular weight is 317 g/mol. The molecule has 108 valence electrons. The first-order chi connectivity index (χ1) is 10.1. The summed E-state index contributed by atoms with van der Waals surface area (Å²) < 4.78 is 4.19. The molecule has 3 nitrogen and oxygen atoms in total. The van der Waals surface area contributed by atoms with Gasteiger partial charge in [0.1, 0.15) is 0 Å². The van der Waals surface area contributed by atoms with E-state index < -0.39 is 5.97 Å². The molecule has 1 aromatic heterocycles. The zero-order chi connectivity index (χ0) is 15.1. The minimum absolute atomic E-state index is 0.0755. The van der Waals surface area contributed by atoms with Crippen LogP contribution in [0.2, 0.25) is 0 Å². The first-order valence-electron chi connectivity index (χ1n) is 6.44. The highest BCUT2D eigenvalue weighted by Gasteiger charge is 2.08. The second-order valence-electron chi connectivity index (χ2n) is 4.45. The molecule has 0 aliphatic rings. The lowest BCUT2D eigenvalue weighted by atomic mass is 10.2. The zero-order valence-electron chi connectivity index (χ0n) is 11.5. The van der Waals surface area contributed by atoms with Crippen LogP contribution < -0.4 is 4.72 Å². The molecule has 0 fully saturated rings. The number of nitrogens with one attached hydrogen (secondary N) is 1. The van der Waals surface area contributed by atoms with Gasteiger partial charge < -0.3 is 5.11 Å². The third-order valence-corrected chi connectivity index (χ3v) is 4.68. The largest absolute Gasteiger partial charge is 0.481 e. The van der Waals surface area contributed by atoms with E-state index in [1.165, 1.54) is 11.9 Å². The smallest absolute Gasteiger partial charge is 0.304 e. The van der Waals surface area contributed by atoms with Gasteiger partial charge in [0.25, 0.3) is 0 Å². The molecule has 0 aliphatic heterocycles. The second kappa shape index (κ2) is 7.89. The Labute approximate surface area is 132 Å². The van der Waals surface area contributed by atoms with E-state index >= 15 is 0 Å². The van der Waals surface area contributed by atoms with Crippen molar-refractivity contribution in [2.45, 2.75) is 23.6 Å². The van der Waals surface area contributed by atoms with Gasteiger partial charge in [0, 0.05) is 11.6 Å². The highest BCUT2D eigenvalue weighted by Crippen LogP contribution is 2.25. The van der Waals surface area contributed by atoms with Crippen molar-refractivity contribution < 1.29 is 9.90 Å². The zero-order valence-corrected chi connectivity index (χ0v) is 13.1. The average Bonchev–Trinajstić information content (AvgIpc) is 2.91. The Hall–Kier alpha value is -1.74. The summed E-state index contributed by atoms with van der Waals surface area (Å²) in [7, 11) is 0. The summed E-state index contributed by atoms with van der Waals surface area (Å²) in [5.74, 6) is 5.46. The number of benzene rings is 1. The van der Waals surface area contributed by atoms with Crippen molar-refractivity contribution in [2.75, 3.05) is 0 Å². The molecule has 1 heterocycles. The van der Waals surface area contributed by atoms with Gasteiger partial charge in [-0.15, -0.1) is 11.3 Å². The van der Waals surface area contributed by atoms with E-state index in [-0.39, 0.29) is 12.5 Å². The van der Waals surface area contributed by atoms with E-state index in [4.69, 9.17) is 5.11 Å². The van der Waals surface area contributed by atoms with Gasteiger partial charge in [-0.1, -0.05) is 30.0 Å². The van der Waals surface area contributed by atoms with Crippen LogP contribution in [-0.4, -0.2) is 17.1 Å². The monoisotopic (exact) mass is 317 g/mol. The summed E-state index contributed by atoms with van der Waals surface area (Å²) in [4.78, 5) is 11.6. The lowest BCUT2D eigenvalue weighted by Gasteiger charge is -2.08. The number of hydrogen-bond acceptors (Lipinski definition) is 4. The van der Waals surface area contributed by atoms with Crippen LogP contribution in [-0.2, 0) is 4.79 Å². The van der Waals surface area contributed by atoms with Crippen LogP contribution in [0.1, 0.15) is 23.8 Å². The van der Waals surface area contributed by atoms with Gasteiger partial charge in [0.05, 0.1) is 15.5 Å². The van der Waals surface area contributed by atoms with Crippen molar-refractivity contribution in [1.82, 2.24) is 4.72 Å². The van der Waals surface area contributed by atoms with Crippen LogP contribution in [0.4, 0.5) is 0 Å². The van der Waals surface area contributed by atoms with E-state index in [1.807, 2.05) is 49.4 Å². The molecule has 2 rings (SSSR count). The van der Waals surface area contributed by atoms with Gasteiger partial charge in [-0.25, -0.2) is 0 Å². The van der Waals surface area contributed by atoms with Gasteiger partial charge in [-0.05, 0) is 43.1 Å². The molecule has 0 saturated heterocycles. The molecule has 0 saturated carbocycles. The molecular weight excluding hydrogens is 302 g/mol. The summed E-state index contributed by atoms with van der Waals surface area (Å²) in [6.07, 6.45) is 0.110. The van der Waals surface area contributed by atoms with Crippen LogP contribution in [0.3, 0.4) is 0 Å². The van der Waals surface area contributed by atoms with E-state index in [2.05, 4.69) is 16.6 Å². The van der Waals surface area contributed by atoms with E-state index in [9.17, 15) is 4.79 Å². The summed E-state index contributed by atoms with van der Waals surface area (Å²) >= 11 is 3.04. The molecule has 2 N–H and O–H groups in total. The number of carboxylic acid groups (broad SMARTS) is 1. The predicted molar refractivity (Wildman–Crippen MR) is 87.4 cm³/mol. The van der Waals surface area contributed by atoms with Gasteiger partial charge in [-0.2, -0.15) is 0 Å². The Morgan fingerprint density at radius 3 is 2.76 bits per heavy atom. The normalized spacial score (nSPS) is 11.5. The van der Waals surface area contributed by atoms with Crippen molar-refractivity contribution in [1.29, 1.82) is 0 Å². The van der Waals surface area contributed by atoms with Crippen LogP contribution in [0.5, 0.6) is 0 Å². The van der Waals surface area contributed by atoms with Crippen molar-refractivity contribution in [3.05, 3.63) is 52.9 Å². The molecule has 0 bridgehead atoms. The molecule has 1 aromatic carbocycles. The summed E-state index contributed by atoms with van der Waals surface area (Å²) in [6.45, 7) is 1.85. The van der Waals surface area contributed by atoms with Crippen molar-refractivity contribution in [2.24, 2.45) is 0 Å². The number of rotatable bonds is 5. The predicted octanol–water partition coefficient (Wildman–Crippen LogP) is 3.61. The maximum Gasteiger partial charge on any atom is 0.304 e. The van der Waals surface area contributed by atoms with E-state index in [0.29, 0.717) is 0 Å². The Morgan fingerprint density at radius 1 is 1.29 bits per heavy atom. The maximum atomic E-state index is 10.6. The first-order valence-corrected chi connectivity index (χ1v) is 8.08. The Kier molecular flexibility index (Phi) is 5.88. The number of carboxylic acids is 1. The summed E-state index contributed by atoms with van der Waals surface area (Å²) in [5.41, 5.74) is 0.994.